The first kappa shape index (κ1) is 21.0. The molecule has 0 atom stereocenters. The summed E-state index contributed by atoms with van der Waals surface area (Å²) >= 11 is 0. The minimum Gasteiger partial charge on any atom is -0.493 e. The molecule has 0 saturated carbocycles. The molecule has 8 heteroatoms. The molecule has 1 aliphatic rings. The van der Waals surface area contributed by atoms with E-state index in [-0.39, 0.29) is 5.91 Å². The lowest BCUT2D eigenvalue weighted by atomic mass is 10.2. The molecule has 2 aromatic carbocycles. The van der Waals surface area contributed by atoms with E-state index in [1.54, 1.807) is 20.3 Å². The van der Waals surface area contributed by atoms with Crippen molar-refractivity contribution in [1.29, 1.82) is 0 Å². The fourth-order valence-electron chi connectivity index (χ4n) is 3.53. The monoisotopic (exact) mass is 425 g/mol. The SMILES string of the molecule is COc1cc2cc(C(=O)Nc3ccc(OCCN4CCOCC4)cc3)[nH]c2cc1OC. The maximum Gasteiger partial charge on any atom is 0.272 e. The van der Waals surface area contributed by atoms with Gasteiger partial charge < -0.3 is 29.2 Å². The molecule has 1 amide bonds. The van der Waals surface area contributed by atoms with Crippen molar-refractivity contribution in [3.8, 4) is 17.2 Å². The minimum absolute atomic E-state index is 0.227. The van der Waals surface area contributed by atoms with Gasteiger partial charge in [-0.2, -0.15) is 0 Å². The van der Waals surface area contributed by atoms with Gasteiger partial charge in [0, 0.05) is 42.3 Å². The second kappa shape index (κ2) is 9.72. The molecule has 1 saturated heterocycles. The molecule has 0 radical (unpaired) electrons. The van der Waals surface area contributed by atoms with E-state index in [1.807, 2.05) is 36.4 Å². The zero-order chi connectivity index (χ0) is 21.6. The number of morpholine rings is 1. The number of rotatable bonds is 8. The molecule has 164 valence electrons. The number of hydrogen-bond acceptors (Lipinski definition) is 6. The van der Waals surface area contributed by atoms with Gasteiger partial charge in [-0.25, -0.2) is 0 Å². The standard InChI is InChI=1S/C23H27N3O5/c1-28-21-14-16-13-20(25-19(16)15-22(21)29-2)23(27)24-17-3-5-18(6-4-17)31-12-9-26-7-10-30-11-8-26/h3-6,13-15,25H,7-12H2,1-2H3,(H,24,27). The third-order valence-corrected chi connectivity index (χ3v) is 5.26. The number of carbonyl (C=O) groups excluding carboxylic acids is 1. The Morgan fingerprint density at radius 2 is 1.77 bits per heavy atom. The Hall–Kier alpha value is -3.23. The van der Waals surface area contributed by atoms with Crippen molar-refractivity contribution in [3.63, 3.8) is 0 Å². The second-order valence-electron chi connectivity index (χ2n) is 7.26. The number of anilines is 1. The summed E-state index contributed by atoms with van der Waals surface area (Å²) in [5.41, 5.74) is 1.95. The van der Waals surface area contributed by atoms with Gasteiger partial charge in [0.15, 0.2) is 11.5 Å². The number of amides is 1. The highest BCUT2D eigenvalue weighted by Gasteiger charge is 2.14. The maximum absolute atomic E-state index is 12.7. The van der Waals surface area contributed by atoms with Crippen LogP contribution >= 0.6 is 0 Å². The molecule has 0 bridgehead atoms. The van der Waals surface area contributed by atoms with Crippen molar-refractivity contribution >= 4 is 22.5 Å². The summed E-state index contributed by atoms with van der Waals surface area (Å²) in [6.07, 6.45) is 0. The summed E-state index contributed by atoms with van der Waals surface area (Å²) in [4.78, 5) is 18.1. The van der Waals surface area contributed by atoms with Crippen LogP contribution in [-0.2, 0) is 4.74 Å². The van der Waals surface area contributed by atoms with Gasteiger partial charge in [-0.15, -0.1) is 0 Å². The fourth-order valence-corrected chi connectivity index (χ4v) is 3.53. The lowest BCUT2D eigenvalue weighted by molar-refractivity contribution is 0.0322. The number of benzene rings is 2. The van der Waals surface area contributed by atoms with Crippen LogP contribution < -0.4 is 19.5 Å². The van der Waals surface area contributed by atoms with Gasteiger partial charge in [0.05, 0.1) is 27.4 Å². The molecule has 0 aliphatic carbocycles. The van der Waals surface area contributed by atoms with Crippen LogP contribution in [0.1, 0.15) is 10.5 Å². The van der Waals surface area contributed by atoms with Crippen LogP contribution in [0, 0.1) is 0 Å². The number of nitrogens with one attached hydrogen (secondary N) is 2. The quantitative estimate of drug-likeness (QED) is 0.577. The molecule has 1 aromatic heterocycles. The maximum atomic E-state index is 12.7. The van der Waals surface area contributed by atoms with Crippen molar-refractivity contribution in [2.75, 3.05) is 59.0 Å². The molecule has 0 spiro atoms. The molecule has 0 unspecified atom stereocenters. The molecule has 4 rings (SSSR count). The molecule has 31 heavy (non-hydrogen) atoms. The van der Waals surface area contributed by atoms with Gasteiger partial charge in [0.1, 0.15) is 18.1 Å². The average Bonchev–Trinajstić information content (AvgIpc) is 3.23. The number of nitrogens with zero attached hydrogens (tertiary/aromatic N) is 1. The molecule has 2 heterocycles. The largest absolute Gasteiger partial charge is 0.493 e. The summed E-state index contributed by atoms with van der Waals surface area (Å²) in [5, 5.41) is 3.77. The van der Waals surface area contributed by atoms with E-state index in [2.05, 4.69) is 15.2 Å². The van der Waals surface area contributed by atoms with Gasteiger partial charge in [-0.05, 0) is 36.4 Å². The van der Waals surface area contributed by atoms with Crippen LogP contribution in [0.2, 0.25) is 0 Å². The zero-order valence-corrected chi connectivity index (χ0v) is 17.8. The van der Waals surface area contributed by atoms with Crippen LogP contribution in [0.15, 0.2) is 42.5 Å². The predicted molar refractivity (Wildman–Crippen MR) is 119 cm³/mol. The van der Waals surface area contributed by atoms with Crippen molar-refractivity contribution in [1.82, 2.24) is 9.88 Å². The molecule has 8 nitrogen and oxygen atoms in total. The Morgan fingerprint density at radius 1 is 1.06 bits per heavy atom. The third-order valence-electron chi connectivity index (χ3n) is 5.26. The number of aromatic nitrogens is 1. The normalized spacial score (nSPS) is 14.4. The number of aromatic amines is 1. The number of hydrogen-bond donors (Lipinski definition) is 2. The van der Waals surface area contributed by atoms with E-state index in [0.717, 1.165) is 49.5 Å². The lowest BCUT2D eigenvalue weighted by Gasteiger charge is -2.26. The van der Waals surface area contributed by atoms with Gasteiger partial charge in [0.2, 0.25) is 0 Å². The van der Waals surface area contributed by atoms with Crippen LogP contribution in [0.4, 0.5) is 5.69 Å². The smallest absolute Gasteiger partial charge is 0.272 e. The number of fused-ring (bicyclic) bond motifs is 1. The Labute approximate surface area is 181 Å². The highest BCUT2D eigenvalue weighted by molar-refractivity contribution is 6.06. The number of methoxy groups -OCH3 is 2. The summed E-state index contributed by atoms with van der Waals surface area (Å²) in [6, 6.07) is 12.8. The van der Waals surface area contributed by atoms with Gasteiger partial charge in [0.25, 0.3) is 5.91 Å². The molecule has 3 aromatic rings. The minimum atomic E-state index is -0.227. The first-order valence-electron chi connectivity index (χ1n) is 10.3. The van der Waals surface area contributed by atoms with E-state index < -0.39 is 0 Å². The Kier molecular flexibility index (Phi) is 6.59. The lowest BCUT2D eigenvalue weighted by Crippen LogP contribution is -2.38. The fraction of sp³-hybridized carbons (Fsp3) is 0.348. The molecule has 1 fully saturated rings. The van der Waals surface area contributed by atoms with Crippen LogP contribution in [0.5, 0.6) is 17.2 Å². The molecule has 1 aliphatic heterocycles. The first-order valence-corrected chi connectivity index (χ1v) is 10.3. The van der Waals surface area contributed by atoms with E-state index in [9.17, 15) is 4.79 Å². The third kappa shape index (κ3) is 5.10. The zero-order valence-electron chi connectivity index (χ0n) is 17.8. The Bertz CT molecular complexity index is 985. The van der Waals surface area contributed by atoms with Crippen molar-refractivity contribution in [2.45, 2.75) is 0 Å². The van der Waals surface area contributed by atoms with Crippen molar-refractivity contribution in [2.24, 2.45) is 0 Å². The van der Waals surface area contributed by atoms with E-state index in [4.69, 9.17) is 18.9 Å². The van der Waals surface area contributed by atoms with E-state index in [0.29, 0.717) is 29.5 Å². The van der Waals surface area contributed by atoms with Gasteiger partial charge in [-0.3, -0.25) is 9.69 Å². The second-order valence-corrected chi connectivity index (χ2v) is 7.26. The highest BCUT2D eigenvalue weighted by atomic mass is 16.5. The van der Waals surface area contributed by atoms with Crippen LogP contribution in [-0.4, -0.2) is 69.5 Å². The Balaban J connectivity index is 1.34. The molecular weight excluding hydrogens is 398 g/mol. The Morgan fingerprint density at radius 3 is 2.48 bits per heavy atom. The van der Waals surface area contributed by atoms with E-state index in [1.165, 1.54) is 0 Å². The van der Waals surface area contributed by atoms with Crippen molar-refractivity contribution in [3.05, 3.63) is 48.2 Å². The number of carbonyl (C=O) groups is 1. The van der Waals surface area contributed by atoms with Crippen LogP contribution in [0.3, 0.4) is 0 Å². The average molecular weight is 425 g/mol. The number of ether oxygens (including phenoxy) is 4. The number of H-pyrrole nitrogens is 1. The van der Waals surface area contributed by atoms with Crippen molar-refractivity contribution < 1.29 is 23.7 Å². The highest BCUT2D eigenvalue weighted by Crippen LogP contribution is 2.32. The first-order chi connectivity index (χ1) is 15.2. The van der Waals surface area contributed by atoms with Gasteiger partial charge in [-0.1, -0.05) is 0 Å². The van der Waals surface area contributed by atoms with Gasteiger partial charge >= 0.3 is 0 Å². The van der Waals surface area contributed by atoms with Crippen LogP contribution in [0.25, 0.3) is 10.9 Å². The summed E-state index contributed by atoms with van der Waals surface area (Å²) in [7, 11) is 3.16. The predicted octanol–water partition coefficient (Wildman–Crippen LogP) is 3.15. The summed E-state index contributed by atoms with van der Waals surface area (Å²) in [5.74, 6) is 1.77. The molecule has 2 N–H and O–H groups in total. The summed E-state index contributed by atoms with van der Waals surface area (Å²) in [6.45, 7) is 4.95. The molecular formula is C23H27N3O5. The summed E-state index contributed by atoms with van der Waals surface area (Å²) < 4.78 is 21.8. The van der Waals surface area contributed by atoms with E-state index >= 15 is 0 Å². The topological polar surface area (TPSA) is 85.0 Å².